The first kappa shape index (κ1) is 20.7. The number of carbonyl (C=O) groups excluding carboxylic acids is 1. The summed E-state index contributed by atoms with van der Waals surface area (Å²) in [6.07, 6.45) is 2.08. The van der Waals surface area contributed by atoms with Crippen LogP contribution in [0.1, 0.15) is 43.6 Å². The smallest absolute Gasteiger partial charge is 0.255 e. The largest absolute Gasteiger partial charge is 0.361 e. The minimum Gasteiger partial charge on any atom is -0.361 e. The molecule has 156 valence electrons. The predicted octanol–water partition coefficient (Wildman–Crippen LogP) is 5.18. The van der Waals surface area contributed by atoms with Crippen molar-refractivity contribution in [2.75, 3.05) is 7.05 Å². The molecule has 3 heterocycles. The zero-order chi connectivity index (χ0) is 21.4. The molecular weight excluding hydrogens is 416 g/mol. The highest BCUT2D eigenvalue weighted by molar-refractivity contribution is 7.98. The summed E-state index contributed by atoms with van der Waals surface area (Å²) in [5.74, 6) is 1.54. The number of rotatable bonds is 6. The maximum absolute atomic E-state index is 13.3. The summed E-state index contributed by atoms with van der Waals surface area (Å²) in [7, 11) is 1.84. The number of thioether (sulfide) groups is 1. The molecule has 0 unspecified atom stereocenters. The Hall–Kier alpha value is -2.58. The first-order chi connectivity index (χ1) is 14.3. The van der Waals surface area contributed by atoms with Crippen molar-refractivity contribution in [2.45, 2.75) is 44.9 Å². The van der Waals surface area contributed by atoms with E-state index < -0.39 is 0 Å². The van der Waals surface area contributed by atoms with E-state index in [1.165, 1.54) is 4.88 Å². The Bertz CT molecular complexity index is 1200. The summed E-state index contributed by atoms with van der Waals surface area (Å²) in [5, 5.41) is 4.02. The van der Waals surface area contributed by atoms with Gasteiger partial charge in [-0.2, -0.15) is 0 Å². The lowest BCUT2D eigenvalue weighted by Gasteiger charge is -2.19. The number of hydrogen-bond acceptors (Lipinski definition) is 6. The maximum atomic E-state index is 13.3. The molecule has 3 aromatic heterocycles. The monoisotopic (exact) mass is 440 g/mol. The summed E-state index contributed by atoms with van der Waals surface area (Å²) in [5.41, 5.74) is 4.69. The number of fused-ring (bicyclic) bond motifs is 1. The Balaban J connectivity index is 1.55. The lowest BCUT2D eigenvalue weighted by Crippen LogP contribution is -2.27. The maximum Gasteiger partial charge on any atom is 0.255 e. The van der Waals surface area contributed by atoms with Crippen LogP contribution in [0.4, 0.5) is 0 Å². The standard InChI is InChI=1S/C22H24N4O2S2/c1-13-10-26-19(15(3)23-22(26)30-13)11-25(5)21(27)17-8-6-7-9-20(17)29-12-18-14(2)24-28-16(18)4/h6-10H,11-12H2,1-5H3. The van der Waals surface area contributed by atoms with Gasteiger partial charge in [-0.3, -0.25) is 9.20 Å². The molecule has 0 bridgehead atoms. The highest BCUT2D eigenvalue weighted by Gasteiger charge is 2.20. The van der Waals surface area contributed by atoms with E-state index in [1.807, 2.05) is 52.1 Å². The number of amides is 1. The molecule has 6 nitrogen and oxygen atoms in total. The second-order valence-corrected chi connectivity index (χ2v) is 9.62. The van der Waals surface area contributed by atoms with Gasteiger partial charge in [-0.05, 0) is 39.8 Å². The second kappa shape index (κ2) is 8.28. The normalized spacial score (nSPS) is 11.4. The molecule has 1 aromatic carbocycles. The van der Waals surface area contributed by atoms with Gasteiger partial charge in [-0.15, -0.1) is 23.1 Å². The van der Waals surface area contributed by atoms with E-state index in [-0.39, 0.29) is 5.91 Å². The van der Waals surface area contributed by atoms with Crippen molar-refractivity contribution in [1.82, 2.24) is 19.4 Å². The van der Waals surface area contributed by atoms with Crippen LogP contribution in [0.25, 0.3) is 4.96 Å². The Morgan fingerprint density at radius 3 is 2.70 bits per heavy atom. The van der Waals surface area contributed by atoms with Gasteiger partial charge >= 0.3 is 0 Å². The summed E-state index contributed by atoms with van der Waals surface area (Å²) in [6, 6.07) is 7.76. The topological polar surface area (TPSA) is 63.6 Å². The zero-order valence-electron chi connectivity index (χ0n) is 17.7. The van der Waals surface area contributed by atoms with Gasteiger partial charge in [0.2, 0.25) is 0 Å². The van der Waals surface area contributed by atoms with E-state index in [9.17, 15) is 4.79 Å². The van der Waals surface area contributed by atoms with E-state index in [4.69, 9.17) is 4.52 Å². The number of nitrogens with zero attached hydrogens (tertiary/aromatic N) is 4. The fourth-order valence-electron chi connectivity index (χ4n) is 3.43. The van der Waals surface area contributed by atoms with Crippen LogP contribution in [-0.2, 0) is 12.3 Å². The van der Waals surface area contributed by atoms with Crippen LogP contribution in [0, 0.1) is 27.7 Å². The quantitative estimate of drug-likeness (QED) is 0.387. The van der Waals surface area contributed by atoms with E-state index in [2.05, 4.69) is 27.7 Å². The molecular formula is C22H24N4O2S2. The number of benzene rings is 1. The van der Waals surface area contributed by atoms with E-state index in [0.29, 0.717) is 17.9 Å². The van der Waals surface area contributed by atoms with Crippen molar-refractivity contribution >= 4 is 34.0 Å². The number of aryl methyl sites for hydroxylation is 4. The Kier molecular flexibility index (Phi) is 5.71. The van der Waals surface area contributed by atoms with Crippen molar-refractivity contribution in [3.8, 4) is 0 Å². The summed E-state index contributed by atoms with van der Waals surface area (Å²) in [6.45, 7) is 8.43. The van der Waals surface area contributed by atoms with Crippen LogP contribution < -0.4 is 0 Å². The first-order valence-corrected chi connectivity index (χ1v) is 11.5. The van der Waals surface area contributed by atoms with E-state index in [1.54, 1.807) is 28.0 Å². The number of aromatic nitrogens is 3. The molecule has 0 fully saturated rings. The third-order valence-electron chi connectivity index (χ3n) is 5.15. The van der Waals surface area contributed by atoms with E-state index in [0.717, 1.165) is 38.3 Å². The molecule has 0 saturated carbocycles. The average molecular weight is 441 g/mol. The Labute approximate surface area is 183 Å². The molecule has 30 heavy (non-hydrogen) atoms. The second-order valence-electron chi connectivity index (χ2n) is 7.39. The van der Waals surface area contributed by atoms with Crippen LogP contribution >= 0.6 is 23.1 Å². The van der Waals surface area contributed by atoms with Crippen LogP contribution in [0.15, 0.2) is 39.9 Å². The molecule has 1 amide bonds. The third-order valence-corrected chi connectivity index (χ3v) is 7.14. The van der Waals surface area contributed by atoms with Gasteiger partial charge in [0, 0.05) is 34.3 Å². The third kappa shape index (κ3) is 3.89. The highest BCUT2D eigenvalue weighted by Crippen LogP contribution is 2.30. The minimum absolute atomic E-state index is 0.00170. The summed E-state index contributed by atoms with van der Waals surface area (Å²) >= 11 is 3.29. The lowest BCUT2D eigenvalue weighted by molar-refractivity contribution is 0.0779. The average Bonchev–Trinajstić information content (AvgIpc) is 3.33. The minimum atomic E-state index is -0.00170. The molecule has 4 rings (SSSR count). The fourth-order valence-corrected chi connectivity index (χ4v) is 5.52. The van der Waals surface area contributed by atoms with Gasteiger partial charge < -0.3 is 9.42 Å². The highest BCUT2D eigenvalue weighted by atomic mass is 32.2. The zero-order valence-corrected chi connectivity index (χ0v) is 19.4. The van der Waals surface area contributed by atoms with Crippen molar-refractivity contribution in [3.63, 3.8) is 0 Å². The molecule has 8 heteroatoms. The fraction of sp³-hybridized carbons (Fsp3) is 0.318. The SMILES string of the molecule is Cc1cn2c(CN(C)C(=O)c3ccccc3SCc3c(C)noc3C)c(C)nc2s1. The predicted molar refractivity (Wildman–Crippen MR) is 120 cm³/mol. The molecule has 0 N–H and O–H groups in total. The first-order valence-electron chi connectivity index (χ1n) is 9.68. The Morgan fingerprint density at radius 2 is 1.97 bits per heavy atom. The van der Waals surface area contributed by atoms with Crippen molar-refractivity contribution in [2.24, 2.45) is 0 Å². The number of imidazole rings is 1. The van der Waals surface area contributed by atoms with Crippen LogP contribution in [-0.4, -0.2) is 32.4 Å². The van der Waals surface area contributed by atoms with Gasteiger partial charge in [0.05, 0.1) is 29.2 Å². The molecule has 0 aliphatic heterocycles. The molecule has 0 atom stereocenters. The molecule has 4 aromatic rings. The molecule has 0 aliphatic rings. The Morgan fingerprint density at radius 1 is 1.20 bits per heavy atom. The van der Waals surface area contributed by atoms with Crippen molar-refractivity contribution in [3.05, 3.63) is 69.3 Å². The van der Waals surface area contributed by atoms with E-state index >= 15 is 0 Å². The van der Waals surface area contributed by atoms with Crippen LogP contribution in [0.3, 0.4) is 0 Å². The number of carbonyl (C=O) groups is 1. The molecule has 0 radical (unpaired) electrons. The number of thiazole rings is 1. The lowest BCUT2D eigenvalue weighted by atomic mass is 10.2. The summed E-state index contributed by atoms with van der Waals surface area (Å²) < 4.78 is 7.35. The van der Waals surface area contributed by atoms with Crippen molar-refractivity contribution < 1.29 is 9.32 Å². The van der Waals surface area contributed by atoms with Gasteiger partial charge in [0.15, 0.2) is 4.96 Å². The molecule has 0 aliphatic carbocycles. The van der Waals surface area contributed by atoms with Crippen LogP contribution in [0.5, 0.6) is 0 Å². The van der Waals surface area contributed by atoms with Crippen LogP contribution in [0.2, 0.25) is 0 Å². The number of hydrogen-bond donors (Lipinski definition) is 0. The van der Waals surface area contributed by atoms with Gasteiger partial charge in [-0.1, -0.05) is 17.3 Å². The van der Waals surface area contributed by atoms with Gasteiger partial charge in [0.1, 0.15) is 5.76 Å². The summed E-state index contributed by atoms with van der Waals surface area (Å²) in [4.78, 5) is 22.8. The van der Waals surface area contributed by atoms with Gasteiger partial charge in [-0.25, -0.2) is 4.98 Å². The molecule has 0 saturated heterocycles. The van der Waals surface area contributed by atoms with Crippen molar-refractivity contribution in [1.29, 1.82) is 0 Å². The molecule has 0 spiro atoms. The van der Waals surface area contributed by atoms with Gasteiger partial charge in [0.25, 0.3) is 5.91 Å².